The molecule has 1 heterocycles. The summed E-state index contributed by atoms with van der Waals surface area (Å²) in [6.45, 7) is 11.8. The van der Waals surface area contributed by atoms with Crippen molar-refractivity contribution in [1.29, 1.82) is 0 Å². The summed E-state index contributed by atoms with van der Waals surface area (Å²) in [6.07, 6.45) is 1.89. The fourth-order valence-corrected chi connectivity index (χ4v) is 2.70. The lowest BCUT2D eigenvalue weighted by atomic mass is 10.1. The minimum atomic E-state index is 0.323. The third-order valence-electron chi connectivity index (χ3n) is 3.57. The van der Waals surface area contributed by atoms with Crippen molar-refractivity contribution in [1.82, 2.24) is 15.2 Å². The number of aromatic nitrogens is 1. The van der Waals surface area contributed by atoms with E-state index in [9.17, 15) is 0 Å². The minimum absolute atomic E-state index is 0.323. The van der Waals surface area contributed by atoms with Gasteiger partial charge < -0.3 is 15.1 Å². The van der Waals surface area contributed by atoms with Gasteiger partial charge in [0.15, 0.2) is 0 Å². The number of hydrogen-bond acceptors (Lipinski definition) is 4. The van der Waals surface area contributed by atoms with Gasteiger partial charge in [-0.25, -0.2) is 4.98 Å². The van der Waals surface area contributed by atoms with Crippen LogP contribution in [0.25, 0.3) is 0 Å². The highest BCUT2D eigenvalue weighted by atomic mass is 15.2. The fourth-order valence-electron chi connectivity index (χ4n) is 2.70. The molecule has 0 fully saturated rings. The summed E-state index contributed by atoms with van der Waals surface area (Å²) in [6, 6.07) is 4.97. The predicted octanol–water partition coefficient (Wildman–Crippen LogP) is 2.53. The highest BCUT2D eigenvalue weighted by molar-refractivity contribution is 5.49. The molecule has 0 aliphatic rings. The number of hydrogen-bond donors (Lipinski definition) is 1. The van der Waals surface area contributed by atoms with E-state index >= 15 is 0 Å². The van der Waals surface area contributed by atoms with Crippen LogP contribution in [0.1, 0.15) is 39.3 Å². The van der Waals surface area contributed by atoms with Gasteiger partial charge in [0.2, 0.25) is 0 Å². The van der Waals surface area contributed by atoms with E-state index < -0.39 is 0 Å². The van der Waals surface area contributed by atoms with Gasteiger partial charge in [0.25, 0.3) is 0 Å². The van der Waals surface area contributed by atoms with Crippen molar-refractivity contribution in [2.75, 3.05) is 38.6 Å². The molecule has 4 heteroatoms. The smallest absolute Gasteiger partial charge is 0.133 e. The normalized spacial score (nSPS) is 14.3. The maximum Gasteiger partial charge on any atom is 0.133 e. The number of pyridine rings is 1. The Morgan fingerprint density at radius 2 is 1.95 bits per heavy atom. The second-order valence-electron chi connectivity index (χ2n) is 5.59. The first-order chi connectivity index (χ1) is 9.51. The Balaban J connectivity index is 3.02. The monoisotopic (exact) mass is 278 g/mol. The quantitative estimate of drug-likeness (QED) is 0.792. The molecular formula is C16H30N4. The van der Waals surface area contributed by atoms with Crippen LogP contribution in [-0.4, -0.2) is 49.7 Å². The molecular weight excluding hydrogens is 248 g/mol. The van der Waals surface area contributed by atoms with E-state index in [1.54, 1.807) is 0 Å². The topological polar surface area (TPSA) is 31.4 Å². The summed E-state index contributed by atoms with van der Waals surface area (Å²) in [5.74, 6) is 1.11. The molecule has 0 saturated carbocycles. The number of nitrogens with one attached hydrogen (secondary N) is 1. The van der Waals surface area contributed by atoms with Gasteiger partial charge in [-0.05, 0) is 47.5 Å². The summed E-state index contributed by atoms with van der Waals surface area (Å²) in [7, 11) is 4.23. The molecule has 114 valence electrons. The van der Waals surface area contributed by atoms with Crippen LogP contribution in [-0.2, 0) is 0 Å². The van der Waals surface area contributed by atoms with Crippen molar-refractivity contribution >= 4 is 5.82 Å². The fraction of sp³-hybridized carbons (Fsp3) is 0.688. The zero-order valence-electron chi connectivity index (χ0n) is 13.8. The van der Waals surface area contributed by atoms with E-state index in [0.717, 1.165) is 25.5 Å². The lowest BCUT2D eigenvalue weighted by Gasteiger charge is -2.33. The zero-order valence-corrected chi connectivity index (χ0v) is 13.8. The van der Waals surface area contributed by atoms with Gasteiger partial charge in [0, 0.05) is 36.9 Å². The molecule has 2 atom stereocenters. The molecule has 0 bridgehead atoms. The molecule has 4 nitrogen and oxygen atoms in total. The van der Waals surface area contributed by atoms with Gasteiger partial charge in [-0.15, -0.1) is 0 Å². The average Bonchev–Trinajstić information content (AvgIpc) is 2.39. The van der Waals surface area contributed by atoms with Crippen LogP contribution in [0.15, 0.2) is 18.3 Å². The van der Waals surface area contributed by atoms with Crippen LogP contribution in [0.3, 0.4) is 0 Å². The molecule has 0 saturated heterocycles. The molecule has 1 rings (SSSR count). The lowest BCUT2D eigenvalue weighted by Crippen LogP contribution is -2.41. The van der Waals surface area contributed by atoms with Gasteiger partial charge in [0.1, 0.15) is 5.82 Å². The molecule has 0 radical (unpaired) electrons. The van der Waals surface area contributed by atoms with Crippen molar-refractivity contribution in [3.8, 4) is 0 Å². The van der Waals surface area contributed by atoms with Gasteiger partial charge in [0.05, 0.1) is 0 Å². The standard InChI is InChI=1S/C16H30N4/c1-7-17-14(4)15-10-9-11-18-16(15)20(8-2)13(3)12-19(5)6/h9-11,13-14,17H,7-8,12H2,1-6H3. The third-order valence-corrected chi connectivity index (χ3v) is 3.57. The Morgan fingerprint density at radius 3 is 2.50 bits per heavy atom. The van der Waals surface area contributed by atoms with Crippen LogP contribution < -0.4 is 10.2 Å². The van der Waals surface area contributed by atoms with E-state index in [1.807, 2.05) is 12.3 Å². The number of likely N-dealkylation sites (N-methyl/N-ethyl adjacent to an activating group) is 2. The highest BCUT2D eigenvalue weighted by Crippen LogP contribution is 2.25. The van der Waals surface area contributed by atoms with Gasteiger partial charge in [-0.1, -0.05) is 13.0 Å². The molecule has 0 amide bonds. The van der Waals surface area contributed by atoms with Crippen molar-refractivity contribution < 1.29 is 0 Å². The van der Waals surface area contributed by atoms with Crippen molar-refractivity contribution in [3.05, 3.63) is 23.9 Å². The second-order valence-corrected chi connectivity index (χ2v) is 5.59. The first-order valence-electron chi connectivity index (χ1n) is 7.60. The molecule has 0 aromatic carbocycles. The summed E-state index contributed by atoms with van der Waals surface area (Å²) in [4.78, 5) is 9.27. The van der Waals surface area contributed by atoms with Crippen LogP contribution >= 0.6 is 0 Å². The Kier molecular flexibility index (Phi) is 6.96. The van der Waals surface area contributed by atoms with Crippen LogP contribution in [0.5, 0.6) is 0 Å². The Labute approximate surface area is 124 Å². The van der Waals surface area contributed by atoms with Crippen molar-refractivity contribution in [2.24, 2.45) is 0 Å². The maximum absolute atomic E-state index is 4.65. The largest absolute Gasteiger partial charge is 0.353 e. The molecule has 1 aromatic heterocycles. The maximum atomic E-state index is 4.65. The molecule has 0 aliphatic carbocycles. The summed E-state index contributed by atoms with van der Waals surface area (Å²) < 4.78 is 0. The van der Waals surface area contributed by atoms with E-state index in [0.29, 0.717) is 12.1 Å². The number of anilines is 1. The van der Waals surface area contributed by atoms with Gasteiger partial charge in [-0.3, -0.25) is 0 Å². The van der Waals surface area contributed by atoms with Crippen molar-refractivity contribution in [3.63, 3.8) is 0 Å². The van der Waals surface area contributed by atoms with E-state index in [1.165, 1.54) is 5.56 Å². The first-order valence-corrected chi connectivity index (χ1v) is 7.60. The SMILES string of the molecule is CCNC(C)c1cccnc1N(CC)C(C)CN(C)C. The second kappa shape index (κ2) is 8.22. The predicted molar refractivity (Wildman–Crippen MR) is 87.4 cm³/mol. The van der Waals surface area contributed by atoms with Gasteiger partial charge >= 0.3 is 0 Å². The Bertz CT molecular complexity index is 392. The molecule has 1 N–H and O–H groups in total. The Morgan fingerprint density at radius 1 is 1.25 bits per heavy atom. The van der Waals surface area contributed by atoms with Gasteiger partial charge in [-0.2, -0.15) is 0 Å². The lowest BCUT2D eigenvalue weighted by molar-refractivity contribution is 0.371. The first kappa shape index (κ1) is 16.9. The average molecular weight is 278 g/mol. The molecule has 1 aromatic rings. The van der Waals surface area contributed by atoms with Crippen molar-refractivity contribution in [2.45, 2.75) is 39.8 Å². The van der Waals surface area contributed by atoms with E-state index in [-0.39, 0.29) is 0 Å². The summed E-state index contributed by atoms with van der Waals surface area (Å²) >= 11 is 0. The number of nitrogens with zero attached hydrogens (tertiary/aromatic N) is 3. The van der Waals surface area contributed by atoms with E-state index in [2.05, 4.69) is 68.0 Å². The van der Waals surface area contributed by atoms with E-state index in [4.69, 9.17) is 0 Å². The Hall–Kier alpha value is -1.13. The minimum Gasteiger partial charge on any atom is -0.353 e. The van der Waals surface area contributed by atoms with Crippen LogP contribution in [0, 0.1) is 0 Å². The molecule has 0 aliphatic heterocycles. The highest BCUT2D eigenvalue weighted by Gasteiger charge is 2.20. The molecule has 0 spiro atoms. The van der Waals surface area contributed by atoms with Crippen LogP contribution in [0.4, 0.5) is 5.82 Å². The number of rotatable bonds is 8. The summed E-state index contributed by atoms with van der Waals surface area (Å²) in [5.41, 5.74) is 1.28. The zero-order chi connectivity index (χ0) is 15.1. The molecule has 20 heavy (non-hydrogen) atoms. The van der Waals surface area contributed by atoms with Crippen LogP contribution in [0.2, 0.25) is 0 Å². The molecule has 2 unspecified atom stereocenters. The summed E-state index contributed by atoms with van der Waals surface area (Å²) in [5, 5.41) is 3.48. The third kappa shape index (κ3) is 4.46.